The molecule has 0 aromatic heterocycles. The van der Waals surface area contributed by atoms with Crippen LogP contribution in [0.4, 0.5) is 4.39 Å². The number of halogens is 1. The summed E-state index contributed by atoms with van der Waals surface area (Å²) in [7, 11) is 0. The molecule has 0 aliphatic heterocycles. The van der Waals surface area contributed by atoms with Crippen LogP contribution in [0, 0.1) is 0 Å². The smallest absolute Gasteiger partial charge is 0.302 e. The average molecular weight is 254 g/mol. The molecule has 0 amide bonds. The second-order valence-corrected chi connectivity index (χ2v) is 4.48. The van der Waals surface area contributed by atoms with Gasteiger partial charge in [0.2, 0.25) is 0 Å². The van der Waals surface area contributed by atoms with Crippen LogP contribution >= 0.6 is 11.8 Å². The van der Waals surface area contributed by atoms with Gasteiger partial charge in [0.1, 0.15) is 6.61 Å². The minimum atomic E-state index is -0.400. The summed E-state index contributed by atoms with van der Waals surface area (Å²) in [6, 6.07) is 9.91. The summed E-state index contributed by atoms with van der Waals surface area (Å²) >= 11 is 1.13. The third-order valence-electron chi connectivity index (χ3n) is 2.00. The average Bonchev–Trinajstić information content (AvgIpc) is 2.30. The highest BCUT2D eigenvalue weighted by Gasteiger charge is 1.98. The lowest BCUT2D eigenvalue weighted by atomic mass is 10.2. The zero-order chi connectivity index (χ0) is 12.5. The van der Waals surface area contributed by atoms with E-state index in [-0.39, 0.29) is 11.8 Å². The molecule has 0 bridgehead atoms. The van der Waals surface area contributed by atoms with Crippen LogP contribution < -0.4 is 0 Å². The summed E-state index contributed by atoms with van der Waals surface area (Å²) in [5.41, 5.74) is 1.19. The molecule has 0 N–H and O–H groups in total. The van der Waals surface area contributed by atoms with Crippen molar-refractivity contribution in [3.63, 3.8) is 0 Å². The fraction of sp³-hybridized carbons (Fsp3) is 0.308. The second-order valence-electron chi connectivity index (χ2n) is 3.39. The minimum absolute atomic E-state index is 0.000492. The van der Waals surface area contributed by atoms with Crippen LogP contribution in [-0.4, -0.2) is 18.3 Å². The molecule has 0 heterocycles. The Labute approximate surface area is 105 Å². The fourth-order valence-electron chi connectivity index (χ4n) is 1.19. The van der Waals surface area contributed by atoms with E-state index in [1.165, 1.54) is 18.6 Å². The number of ether oxygens (including phenoxy) is 1. The number of hydrogen-bond donors (Lipinski definition) is 0. The highest BCUT2D eigenvalue weighted by atomic mass is 32.2. The topological polar surface area (TPSA) is 26.3 Å². The molecule has 0 atom stereocenters. The number of carbonyl (C=O) groups excluding carboxylic acids is 1. The van der Waals surface area contributed by atoms with E-state index in [9.17, 15) is 9.18 Å². The number of aryl methyl sites for hydroxylation is 1. The molecule has 1 rings (SSSR count). The van der Waals surface area contributed by atoms with Gasteiger partial charge in [0, 0.05) is 12.7 Å². The Kier molecular flexibility index (Phi) is 6.40. The van der Waals surface area contributed by atoms with Gasteiger partial charge in [-0.2, -0.15) is 4.39 Å². The van der Waals surface area contributed by atoms with Crippen molar-refractivity contribution in [2.45, 2.75) is 13.3 Å². The summed E-state index contributed by atoms with van der Waals surface area (Å²) in [6.45, 7) is 1.30. The quantitative estimate of drug-likeness (QED) is 0.728. The highest BCUT2D eigenvalue weighted by Crippen LogP contribution is 2.18. The molecule has 0 saturated carbocycles. The van der Waals surface area contributed by atoms with Crippen molar-refractivity contribution < 1.29 is 13.9 Å². The molecule has 0 aliphatic rings. The van der Waals surface area contributed by atoms with Crippen molar-refractivity contribution in [2.75, 3.05) is 12.4 Å². The van der Waals surface area contributed by atoms with E-state index >= 15 is 0 Å². The van der Waals surface area contributed by atoms with Crippen molar-refractivity contribution in [2.24, 2.45) is 0 Å². The number of esters is 1. The number of hydrogen-bond acceptors (Lipinski definition) is 3. The fourth-order valence-corrected chi connectivity index (χ4v) is 1.91. The van der Waals surface area contributed by atoms with E-state index in [2.05, 4.69) is 4.74 Å². The SMILES string of the molecule is CC(=O)OCC=C(F)SCCc1ccccc1. The molecule has 0 spiro atoms. The molecule has 17 heavy (non-hydrogen) atoms. The molecule has 0 radical (unpaired) electrons. The van der Waals surface area contributed by atoms with Crippen LogP contribution in [0.3, 0.4) is 0 Å². The van der Waals surface area contributed by atoms with E-state index in [0.29, 0.717) is 5.75 Å². The van der Waals surface area contributed by atoms with Gasteiger partial charge in [-0.1, -0.05) is 42.1 Å². The van der Waals surface area contributed by atoms with Gasteiger partial charge in [-0.25, -0.2) is 0 Å². The maximum absolute atomic E-state index is 13.2. The van der Waals surface area contributed by atoms with Gasteiger partial charge in [0.05, 0.1) is 0 Å². The zero-order valence-electron chi connectivity index (χ0n) is 9.69. The number of carbonyl (C=O) groups is 1. The van der Waals surface area contributed by atoms with E-state index in [4.69, 9.17) is 0 Å². The molecule has 0 fully saturated rings. The molecule has 0 saturated heterocycles. The number of benzene rings is 1. The number of thioether (sulfide) groups is 1. The Bertz CT molecular complexity index is 376. The first-order chi connectivity index (χ1) is 8.18. The first-order valence-electron chi connectivity index (χ1n) is 5.34. The standard InChI is InChI=1S/C13H15FO2S/c1-11(15)16-9-7-13(14)17-10-8-12-5-3-2-4-6-12/h2-7H,8-10H2,1H3. The third-order valence-corrected chi connectivity index (χ3v) is 2.85. The Morgan fingerprint density at radius 1 is 1.41 bits per heavy atom. The molecule has 4 heteroatoms. The highest BCUT2D eigenvalue weighted by molar-refractivity contribution is 8.02. The number of rotatable bonds is 6. The van der Waals surface area contributed by atoms with Crippen molar-refractivity contribution in [1.29, 1.82) is 0 Å². The van der Waals surface area contributed by atoms with E-state index in [1.54, 1.807) is 0 Å². The summed E-state index contributed by atoms with van der Waals surface area (Å²) in [4.78, 5) is 10.4. The molecule has 0 aliphatic carbocycles. The molecular formula is C13H15FO2S. The normalized spacial score (nSPS) is 11.3. The first-order valence-corrected chi connectivity index (χ1v) is 6.33. The van der Waals surface area contributed by atoms with Crippen molar-refractivity contribution in [3.05, 3.63) is 47.1 Å². The Balaban J connectivity index is 2.20. The summed E-state index contributed by atoms with van der Waals surface area (Å²) in [6.07, 6.45) is 2.09. The van der Waals surface area contributed by atoms with E-state index < -0.39 is 5.97 Å². The maximum Gasteiger partial charge on any atom is 0.302 e. The molecule has 0 unspecified atom stereocenters. The lowest BCUT2D eigenvalue weighted by Gasteiger charge is -2.00. The predicted octanol–water partition coefficient (Wildman–Crippen LogP) is 3.34. The first kappa shape index (κ1) is 13.8. The van der Waals surface area contributed by atoms with E-state index in [1.807, 2.05) is 30.3 Å². The molecule has 1 aromatic rings. The molecular weight excluding hydrogens is 239 g/mol. The molecule has 2 nitrogen and oxygen atoms in total. The molecule has 1 aromatic carbocycles. The van der Waals surface area contributed by atoms with Gasteiger partial charge < -0.3 is 4.74 Å². The minimum Gasteiger partial charge on any atom is -0.462 e. The largest absolute Gasteiger partial charge is 0.462 e. The van der Waals surface area contributed by atoms with Gasteiger partial charge in [-0.3, -0.25) is 4.79 Å². The lowest BCUT2D eigenvalue weighted by molar-refractivity contribution is -0.139. The zero-order valence-corrected chi connectivity index (χ0v) is 10.5. The van der Waals surface area contributed by atoms with Gasteiger partial charge in [0.15, 0.2) is 5.16 Å². The summed E-state index contributed by atoms with van der Waals surface area (Å²) in [5.74, 6) is 0.273. The van der Waals surface area contributed by atoms with Gasteiger partial charge in [0.25, 0.3) is 0 Å². The Hall–Kier alpha value is -1.29. The van der Waals surface area contributed by atoms with Crippen molar-refractivity contribution in [1.82, 2.24) is 0 Å². The third kappa shape index (κ3) is 6.79. The van der Waals surface area contributed by atoms with Crippen molar-refractivity contribution in [3.8, 4) is 0 Å². The lowest BCUT2D eigenvalue weighted by Crippen LogP contribution is -1.97. The Morgan fingerprint density at radius 3 is 2.76 bits per heavy atom. The van der Waals surface area contributed by atoms with Crippen LogP contribution in [0.2, 0.25) is 0 Å². The van der Waals surface area contributed by atoms with Crippen LogP contribution in [-0.2, 0) is 16.0 Å². The van der Waals surface area contributed by atoms with E-state index in [0.717, 1.165) is 18.2 Å². The second kappa shape index (κ2) is 7.90. The van der Waals surface area contributed by atoms with Crippen LogP contribution in [0.1, 0.15) is 12.5 Å². The monoisotopic (exact) mass is 254 g/mol. The summed E-state index contributed by atoms with van der Waals surface area (Å²) < 4.78 is 17.8. The van der Waals surface area contributed by atoms with Gasteiger partial charge in [-0.05, 0) is 18.1 Å². The van der Waals surface area contributed by atoms with Crippen LogP contribution in [0.25, 0.3) is 0 Å². The van der Waals surface area contributed by atoms with Crippen molar-refractivity contribution >= 4 is 17.7 Å². The Morgan fingerprint density at radius 2 is 2.12 bits per heavy atom. The predicted molar refractivity (Wildman–Crippen MR) is 68.4 cm³/mol. The van der Waals surface area contributed by atoms with Gasteiger partial charge in [-0.15, -0.1) is 0 Å². The van der Waals surface area contributed by atoms with Gasteiger partial charge >= 0.3 is 5.97 Å². The summed E-state index contributed by atoms with van der Waals surface area (Å²) in [5, 5.41) is -0.304. The maximum atomic E-state index is 13.2. The van der Waals surface area contributed by atoms with Crippen LogP contribution in [0.5, 0.6) is 0 Å². The van der Waals surface area contributed by atoms with Crippen LogP contribution in [0.15, 0.2) is 41.6 Å². The molecule has 92 valence electrons.